The summed E-state index contributed by atoms with van der Waals surface area (Å²) in [5, 5.41) is 29.9. The van der Waals surface area contributed by atoms with Crippen LogP contribution >= 0.6 is 23.3 Å². The van der Waals surface area contributed by atoms with Crippen molar-refractivity contribution in [3.63, 3.8) is 0 Å². The largest absolute Gasteiger partial charge is 0.726 e. The van der Waals surface area contributed by atoms with Gasteiger partial charge in [-0.3, -0.25) is 24.4 Å². The van der Waals surface area contributed by atoms with Crippen molar-refractivity contribution >= 4 is 85.8 Å². The molecule has 2 atom stereocenters. The molecule has 4 heterocycles. The number of carbonyl (C=O) groups excluding carboxylic acids is 3. The van der Waals surface area contributed by atoms with E-state index in [9.17, 15) is 34.2 Å². The van der Waals surface area contributed by atoms with Crippen LogP contribution in [-0.2, 0) is 48.0 Å². The average Bonchev–Trinajstić information content (AvgIpc) is 3.55. The molecule has 0 spiro atoms. The maximum Gasteiger partial charge on any atom is 0.352 e. The third kappa shape index (κ3) is 9.53. The maximum atomic E-state index is 13.3. The van der Waals surface area contributed by atoms with Crippen LogP contribution in [0.1, 0.15) is 19.7 Å². The predicted octanol–water partition coefficient (Wildman–Crippen LogP) is -3.56. The Bertz CT molecular complexity index is 1850. The second-order valence-corrected chi connectivity index (χ2v) is 13.3. The summed E-state index contributed by atoms with van der Waals surface area (Å²) in [6, 6.07) is -1.68. The molecule has 50 heavy (non-hydrogen) atoms. The first kappa shape index (κ1) is 39.3. The van der Waals surface area contributed by atoms with Crippen LogP contribution in [0.2, 0.25) is 0 Å². The number of carbonyl (C=O) groups is 5. The molecule has 0 aromatic carbocycles. The second kappa shape index (κ2) is 15.6. The third-order valence-electron chi connectivity index (χ3n) is 6.60. The molecular weight excluding hydrogens is 733 g/mol. The van der Waals surface area contributed by atoms with Gasteiger partial charge in [-0.1, -0.05) is 5.16 Å². The van der Waals surface area contributed by atoms with Gasteiger partial charge in [-0.05, 0) is 13.8 Å². The summed E-state index contributed by atoms with van der Waals surface area (Å²) in [6.07, 6.45) is 1.52. The Morgan fingerprint density at radius 1 is 1.26 bits per heavy atom. The standard InChI is InChI=1S/C23H30N12O8S2.H2O4S/c1-23(2,20(40)41)43-31-11(15-30-21(26)45-32-15)16(36)29-12-17(37)35-13(19(38)39)9(8-44-18(12)35)6-34-7-10(14(25)33(34)3)28-22(42)27-5-4-24;1-5(2,3)4/h7,12,18,25H,4-6,8,24H2,1-3H3,(H7,26,27,28,29,30,32,36,38,39,40,41,42);(H2,1,2,3,4)/t12-,18?;/m1./s1. The fourth-order valence-electron chi connectivity index (χ4n) is 4.14. The third-order valence-corrected chi connectivity index (χ3v) is 8.49. The molecule has 2 aromatic heterocycles. The van der Waals surface area contributed by atoms with Crippen molar-refractivity contribution in [1.82, 2.24) is 29.6 Å². The molecule has 12 N–H and O–H groups in total. The molecule has 0 saturated carbocycles. The maximum absolute atomic E-state index is 13.3. The predicted molar refractivity (Wildman–Crippen MR) is 172 cm³/mol. The number of carboxylic acid groups (broad SMARTS) is 2. The molecule has 2 aliphatic rings. The van der Waals surface area contributed by atoms with Gasteiger partial charge in [0.05, 0.1) is 7.05 Å². The molecule has 0 bridgehead atoms. The molecule has 24 nitrogen and oxygen atoms in total. The van der Waals surface area contributed by atoms with E-state index in [-0.39, 0.29) is 53.5 Å². The molecule has 4 rings (SSSR count). The minimum Gasteiger partial charge on any atom is -0.726 e. The van der Waals surface area contributed by atoms with E-state index in [1.165, 1.54) is 36.5 Å². The number of hydrogen-bond donors (Lipinski definition) is 9. The number of β-lactam (4-membered cyclic amide) rings is 1. The van der Waals surface area contributed by atoms with E-state index in [4.69, 9.17) is 39.6 Å². The Balaban J connectivity index is 0.00000126. The van der Waals surface area contributed by atoms with Crippen molar-refractivity contribution in [2.45, 2.75) is 37.4 Å². The van der Waals surface area contributed by atoms with Crippen LogP contribution in [-0.4, -0.2) is 118 Å². The van der Waals surface area contributed by atoms with Crippen LogP contribution in [0.4, 0.5) is 21.4 Å². The number of nitrogens with one attached hydrogen (secondary N) is 3. The molecular formula is C23H32N12O12S3. The number of amides is 4. The lowest BCUT2D eigenvalue weighted by Gasteiger charge is -2.49. The van der Waals surface area contributed by atoms with Gasteiger partial charge in [0.25, 0.3) is 11.8 Å². The number of hydrogen-bond acceptors (Lipinski definition) is 17. The fourth-order valence-corrected chi connectivity index (χ4v) is 5.91. The first-order valence-corrected chi connectivity index (χ1v) is 16.9. The van der Waals surface area contributed by atoms with Crippen molar-refractivity contribution in [1.29, 1.82) is 0 Å². The second-order valence-electron chi connectivity index (χ2n) is 10.6. The van der Waals surface area contributed by atoms with E-state index in [2.05, 4.69) is 30.5 Å². The normalized spacial score (nSPS) is 17.5. The summed E-state index contributed by atoms with van der Waals surface area (Å²) in [7, 11) is -3.30. The molecule has 2 aliphatic heterocycles. The molecule has 274 valence electrons. The van der Waals surface area contributed by atoms with Gasteiger partial charge in [-0.15, -0.1) is 21.1 Å². The highest BCUT2D eigenvalue weighted by Crippen LogP contribution is 2.40. The summed E-state index contributed by atoms with van der Waals surface area (Å²) in [5.74, 6) is -4.28. The fraction of sp³-hybridized carbons (Fsp3) is 0.435. The van der Waals surface area contributed by atoms with Crippen molar-refractivity contribution in [3.05, 3.63) is 23.3 Å². The van der Waals surface area contributed by atoms with E-state index in [0.717, 1.165) is 16.4 Å². The lowest BCUT2D eigenvalue weighted by atomic mass is 10.0. The van der Waals surface area contributed by atoms with E-state index in [0.29, 0.717) is 5.57 Å². The van der Waals surface area contributed by atoms with Crippen molar-refractivity contribution in [3.8, 4) is 0 Å². The Morgan fingerprint density at radius 3 is 2.44 bits per heavy atom. The van der Waals surface area contributed by atoms with Gasteiger partial charge in [-0.25, -0.2) is 22.8 Å². The van der Waals surface area contributed by atoms with Gasteiger partial charge in [0.1, 0.15) is 17.1 Å². The van der Waals surface area contributed by atoms with Crippen LogP contribution in [0.25, 0.3) is 0 Å². The highest BCUT2D eigenvalue weighted by Gasteiger charge is 2.55. The van der Waals surface area contributed by atoms with Gasteiger partial charge in [0.2, 0.25) is 33.7 Å². The first-order valence-electron chi connectivity index (χ1n) is 13.7. The molecule has 0 radical (unpaired) electrons. The number of oxime groups is 1. The van der Waals surface area contributed by atoms with Crippen LogP contribution in [0.15, 0.2) is 22.6 Å². The zero-order chi connectivity index (χ0) is 37.7. The van der Waals surface area contributed by atoms with E-state index in [1.807, 2.05) is 0 Å². The topological polar surface area (TPSA) is 377 Å². The highest BCUT2D eigenvalue weighted by atomic mass is 32.3. The number of aliphatic carboxylic acids is 2. The SMILES string of the molecule is Cn1c(N)c(NC(=O)NCCN)c[n+]1CC1=C(C(=O)O)N2C(=O)[C@@H](NC(=O)C(=NOC(C)(C)C(=O)O)c3nsc(N)n3)C2SC1.O=S(=O)([O-])O. The number of thioether (sulfide) groups is 1. The molecule has 27 heteroatoms. The Hall–Kier alpha value is -5.09. The molecule has 1 saturated heterocycles. The van der Waals surface area contributed by atoms with Crippen LogP contribution in [0.5, 0.6) is 0 Å². The van der Waals surface area contributed by atoms with Gasteiger partial charge in [0, 0.05) is 35.9 Å². The summed E-state index contributed by atoms with van der Waals surface area (Å²) >= 11 is 1.96. The van der Waals surface area contributed by atoms with Crippen LogP contribution in [0.3, 0.4) is 0 Å². The number of aromatic nitrogens is 4. The van der Waals surface area contributed by atoms with Crippen molar-refractivity contribution in [2.75, 3.05) is 35.6 Å². The van der Waals surface area contributed by atoms with Gasteiger partial charge < -0.3 is 47.4 Å². The number of rotatable bonds is 12. The Kier molecular flexibility index (Phi) is 12.3. The van der Waals surface area contributed by atoms with E-state index >= 15 is 0 Å². The first-order chi connectivity index (χ1) is 23.2. The molecule has 0 aliphatic carbocycles. The lowest BCUT2D eigenvalue weighted by molar-refractivity contribution is -0.765. The molecule has 1 unspecified atom stereocenters. The average molecular weight is 765 g/mol. The van der Waals surface area contributed by atoms with Crippen LogP contribution in [0, 0.1) is 0 Å². The smallest absolute Gasteiger partial charge is 0.352 e. The monoisotopic (exact) mass is 764 g/mol. The van der Waals surface area contributed by atoms with Gasteiger partial charge >= 0.3 is 18.0 Å². The number of carboxylic acids is 2. The molecule has 4 amide bonds. The number of fused-ring (bicyclic) bond motifs is 1. The number of nitrogens with two attached hydrogens (primary N) is 3. The summed E-state index contributed by atoms with van der Waals surface area (Å²) in [6.45, 7) is 2.92. The van der Waals surface area contributed by atoms with Gasteiger partial charge in [0.15, 0.2) is 23.2 Å². The minimum absolute atomic E-state index is 0.00361. The summed E-state index contributed by atoms with van der Waals surface area (Å²) in [5.41, 5.74) is 15.2. The van der Waals surface area contributed by atoms with E-state index < -0.39 is 62.9 Å². The Morgan fingerprint density at radius 2 is 1.90 bits per heavy atom. The quantitative estimate of drug-likeness (QED) is 0.0252. The van der Waals surface area contributed by atoms with Gasteiger partial charge in [-0.2, -0.15) is 9.36 Å². The summed E-state index contributed by atoms with van der Waals surface area (Å²) in [4.78, 5) is 72.4. The van der Waals surface area contributed by atoms with Crippen molar-refractivity contribution < 1.29 is 61.2 Å². The van der Waals surface area contributed by atoms with E-state index in [1.54, 1.807) is 11.7 Å². The Labute approximate surface area is 290 Å². The van der Waals surface area contributed by atoms with Crippen molar-refractivity contribution in [2.24, 2.45) is 17.9 Å². The molecule has 1 fully saturated rings. The number of nitrogen functional groups attached to an aromatic ring is 2. The lowest BCUT2D eigenvalue weighted by Crippen LogP contribution is -2.71. The minimum atomic E-state index is -4.92. The van der Waals surface area contributed by atoms with Crippen LogP contribution < -0.4 is 37.8 Å². The number of nitrogens with zero attached hydrogens (tertiary/aromatic N) is 6. The zero-order valence-electron chi connectivity index (χ0n) is 26.2. The highest BCUT2D eigenvalue weighted by molar-refractivity contribution is 8.00. The number of anilines is 3. The zero-order valence-corrected chi connectivity index (χ0v) is 28.7. The molecule has 2 aromatic rings. The number of urea groups is 1. The summed E-state index contributed by atoms with van der Waals surface area (Å²) < 4.78 is 39.8.